The van der Waals surface area contributed by atoms with Crippen LogP contribution in [0.25, 0.3) is 16.9 Å². The van der Waals surface area contributed by atoms with Gasteiger partial charge in [-0.2, -0.15) is 5.10 Å². The summed E-state index contributed by atoms with van der Waals surface area (Å²) < 4.78 is 16.3. The van der Waals surface area contributed by atoms with Crippen LogP contribution in [0.3, 0.4) is 0 Å². The van der Waals surface area contributed by atoms with Gasteiger partial charge < -0.3 is 25.3 Å². The van der Waals surface area contributed by atoms with Gasteiger partial charge in [-0.1, -0.05) is 84.9 Å². The van der Waals surface area contributed by atoms with Gasteiger partial charge in [0.15, 0.2) is 0 Å². The number of nitrogens with two attached hydrogens (primary N) is 1. The van der Waals surface area contributed by atoms with Crippen LogP contribution >= 0.6 is 0 Å². The largest absolute Gasteiger partial charge is 0.466 e. The maximum absolute atomic E-state index is 12.4. The molecular formula is C43H50N4O7. The summed E-state index contributed by atoms with van der Waals surface area (Å²) in [6.07, 6.45) is 1.34. The summed E-state index contributed by atoms with van der Waals surface area (Å²) in [4.78, 5) is 44.2. The van der Waals surface area contributed by atoms with Crippen LogP contribution in [0.15, 0.2) is 133 Å². The van der Waals surface area contributed by atoms with Crippen molar-refractivity contribution in [3.8, 4) is 16.9 Å². The Morgan fingerprint density at radius 2 is 1.20 bits per heavy atom. The van der Waals surface area contributed by atoms with Gasteiger partial charge in [-0.05, 0) is 77.9 Å². The van der Waals surface area contributed by atoms with E-state index in [4.69, 9.17) is 15.2 Å². The van der Waals surface area contributed by atoms with Crippen molar-refractivity contribution in [2.24, 2.45) is 0 Å². The molecule has 3 N–H and O–H groups in total. The number of ketones is 1. The van der Waals surface area contributed by atoms with Crippen LogP contribution in [0.5, 0.6) is 0 Å². The van der Waals surface area contributed by atoms with E-state index in [1.165, 1.54) is 13.0 Å². The number of anilines is 2. The average Bonchev–Trinajstić information content (AvgIpc) is 3.51. The van der Waals surface area contributed by atoms with Crippen molar-refractivity contribution in [2.45, 2.75) is 48.0 Å². The smallest absolute Gasteiger partial charge is 0.342 e. The van der Waals surface area contributed by atoms with Gasteiger partial charge in [-0.15, -0.1) is 0 Å². The minimum Gasteiger partial charge on any atom is -0.466 e. The lowest BCUT2D eigenvalue weighted by Gasteiger charge is -2.05. The standard InChI is InChI=1S/C19H18N2O2.C12H15NO2.C6H7N.C6H10O3/c1-3-23-19(22)17-14(2)21(16-12-8-5-9-13-16)20-18(17)15-10-6-4-7-11-15;1-3-15-12(14)9-10(2)13-11-7-5-4-6-8-11;7-6-4-2-1-3-5-6;1-3-9-6(8)4-5(2)7/h4-13H,3H2,1-2H3;4-9,13H,3H2,1-2H3;1-5H,7H2;3-4H2,1-2H3/b;10-9-;;. The number of nitrogen functional groups attached to an aromatic ring is 1. The van der Waals surface area contributed by atoms with Gasteiger partial charge in [0.1, 0.15) is 23.5 Å². The van der Waals surface area contributed by atoms with Gasteiger partial charge in [0.25, 0.3) is 0 Å². The number of nitrogens with one attached hydrogen (secondary N) is 1. The van der Waals surface area contributed by atoms with Crippen molar-refractivity contribution in [3.63, 3.8) is 0 Å². The number of carbonyl (C=O) groups is 4. The van der Waals surface area contributed by atoms with E-state index >= 15 is 0 Å². The lowest BCUT2D eigenvalue weighted by molar-refractivity contribution is -0.145. The highest BCUT2D eigenvalue weighted by Gasteiger charge is 2.24. The highest BCUT2D eigenvalue weighted by molar-refractivity contribution is 5.97. The molecular weight excluding hydrogens is 684 g/mol. The van der Waals surface area contributed by atoms with Crippen molar-refractivity contribution < 1.29 is 33.4 Å². The van der Waals surface area contributed by atoms with Crippen LogP contribution in [-0.4, -0.2) is 53.3 Å². The predicted octanol–water partition coefficient (Wildman–Crippen LogP) is 8.39. The molecule has 0 bridgehead atoms. The van der Waals surface area contributed by atoms with Crippen LogP contribution in [-0.2, 0) is 28.6 Å². The topological polar surface area (TPSA) is 152 Å². The number of aromatic nitrogens is 2. The monoisotopic (exact) mass is 734 g/mol. The van der Waals surface area contributed by atoms with Crippen LogP contribution in [0.4, 0.5) is 11.4 Å². The van der Waals surface area contributed by atoms with E-state index in [0.717, 1.165) is 34.0 Å². The highest BCUT2D eigenvalue weighted by Crippen LogP contribution is 2.28. The summed E-state index contributed by atoms with van der Waals surface area (Å²) in [5.41, 5.74) is 11.6. The summed E-state index contributed by atoms with van der Waals surface area (Å²) in [6, 6.07) is 38.6. The number of para-hydroxylation sites is 3. The minimum atomic E-state index is -0.440. The third-order valence-electron chi connectivity index (χ3n) is 6.88. The Kier molecular flexibility index (Phi) is 19.9. The number of nitrogens with zero attached hydrogens (tertiary/aromatic N) is 2. The number of allylic oxidation sites excluding steroid dienone is 1. The molecule has 0 saturated carbocycles. The lowest BCUT2D eigenvalue weighted by Crippen LogP contribution is -2.07. The second-order valence-corrected chi connectivity index (χ2v) is 11.3. The van der Waals surface area contributed by atoms with E-state index in [2.05, 4.69) is 15.2 Å². The molecule has 284 valence electrons. The molecule has 0 atom stereocenters. The first-order chi connectivity index (χ1) is 26.0. The molecule has 0 radical (unpaired) electrons. The van der Waals surface area contributed by atoms with Crippen molar-refractivity contribution >= 4 is 35.1 Å². The summed E-state index contributed by atoms with van der Waals surface area (Å²) >= 11 is 0. The van der Waals surface area contributed by atoms with Crippen molar-refractivity contribution in [1.29, 1.82) is 0 Å². The normalized spacial score (nSPS) is 10.1. The van der Waals surface area contributed by atoms with Crippen molar-refractivity contribution in [1.82, 2.24) is 9.78 Å². The Balaban J connectivity index is 0.000000278. The first-order valence-corrected chi connectivity index (χ1v) is 17.5. The number of Topliss-reactive ketones (excluding diaryl/α,β-unsaturated/α-hetero) is 1. The number of benzene rings is 4. The lowest BCUT2D eigenvalue weighted by atomic mass is 10.1. The van der Waals surface area contributed by atoms with Gasteiger partial charge in [0.2, 0.25) is 0 Å². The Bertz CT molecular complexity index is 1890. The van der Waals surface area contributed by atoms with E-state index in [1.807, 2.05) is 135 Å². The molecule has 54 heavy (non-hydrogen) atoms. The summed E-state index contributed by atoms with van der Waals surface area (Å²) in [7, 11) is 0. The molecule has 0 saturated heterocycles. The summed E-state index contributed by atoms with van der Waals surface area (Å²) in [5, 5.41) is 7.76. The van der Waals surface area contributed by atoms with Crippen molar-refractivity contribution in [2.75, 3.05) is 30.9 Å². The van der Waals surface area contributed by atoms with Crippen LogP contribution in [0, 0.1) is 6.92 Å². The van der Waals surface area contributed by atoms with Gasteiger partial charge >= 0.3 is 17.9 Å². The first-order valence-electron chi connectivity index (χ1n) is 17.5. The fourth-order valence-corrected chi connectivity index (χ4v) is 4.58. The fraction of sp³-hybridized carbons (Fsp3) is 0.233. The van der Waals surface area contributed by atoms with E-state index in [0.29, 0.717) is 31.1 Å². The van der Waals surface area contributed by atoms with Gasteiger partial charge in [-0.3, -0.25) is 9.59 Å². The second kappa shape index (κ2) is 24.7. The number of hydrogen-bond acceptors (Lipinski definition) is 10. The summed E-state index contributed by atoms with van der Waals surface area (Å²) in [6.45, 7) is 11.4. The third kappa shape index (κ3) is 16.2. The van der Waals surface area contributed by atoms with Crippen molar-refractivity contribution in [3.05, 3.63) is 144 Å². The van der Waals surface area contributed by atoms with Crippen LogP contribution in [0.1, 0.15) is 57.1 Å². The third-order valence-corrected chi connectivity index (χ3v) is 6.88. The van der Waals surface area contributed by atoms with E-state index in [1.54, 1.807) is 25.5 Å². The summed E-state index contributed by atoms with van der Waals surface area (Å²) in [5.74, 6) is -1.26. The zero-order chi connectivity index (χ0) is 39.7. The SMILES string of the molecule is CCOC(=O)/C=C(/C)Nc1ccccc1.CCOC(=O)CC(C)=O.CCOC(=O)c1c(-c2ccccc2)nn(-c2ccccc2)c1C.Nc1ccccc1. The van der Waals surface area contributed by atoms with Gasteiger partial charge in [0.05, 0.1) is 31.2 Å². The first kappa shape index (κ1) is 43.7. The molecule has 0 amide bonds. The number of esters is 3. The Morgan fingerprint density at radius 3 is 1.69 bits per heavy atom. The molecule has 4 aromatic carbocycles. The number of ether oxygens (including phenoxy) is 3. The molecule has 0 aliphatic heterocycles. The molecule has 1 aromatic heterocycles. The predicted molar refractivity (Wildman–Crippen MR) is 213 cm³/mol. The van der Waals surface area contributed by atoms with Crippen LogP contribution in [0.2, 0.25) is 0 Å². The molecule has 11 heteroatoms. The highest BCUT2D eigenvalue weighted by atomic mass is 16.5. The average molecular weight is 735 g/mol. The van der Waals surface area contributed by atoms with Gasteiger partial charge in [0, 0.05) is 28.7 Å². The molecule has 0 aliphatic carbocycles. The number of carbonyl (C=O) groups excluding carboxylic acids is 4. The Hall–Kier alpha value is -6.49. The zero-order valence-electron chi connectivity index (χ0n) is 31.8. The van der Waals surface area contributed by atoms with E-state index in [9.17, 15) is 19.2 Å². The Labute approximate surface area is 317 Å². The van der Waals surface area contributed by atoms with E-state index in [-0.39, 0.29) is 24.1 Å². The Morgan fingerprint density at radius 1 is 0.704 bits per heavy atom. The maximum atomic E-state index is 12.4. The zero-order valence-corrected chi connectivity index (χ0v) is 31.8. The fourth-order valence-electron chi connectivity index (χ4n) is 4.58. The maximum Gasteiger partial charge on any atom is 0.342 e. The molecule has 11 nitrogen and oxygen atoms in total. The number of hydrogen-bond donors (Lipinski definition) is 2. The molecule has 0 fully saturated rings. The quantitative estimate of drug-likeness (QED) is 0.0445. The second-order valence-electron chi connectivity index (χ2n) is 11.3. The van der Waals surface area contributed by atoms with Crippen LogP contribution < -0.4 is 11.1 Å². The van der Waals surface area contributed by atoms with Gasteiger partial charge in [-0.25, -0.2) is 14.3 Å². The number of rotatable bonds is 11. The molecule has 0 spiro atoms. The molecule has 1 heterocycles. The molecule has 0 aliphatic rings. The van der Waals surface area contributed by atoms with E-state index < -0.39 is 5.97 Å². The molecule has 5 aromatic rings. The molecule has 5 rings (SSSR count). The minimum absolute atomic E-state index is 0.103. The molecule has 0 unspecified atom stereocenters.